The predicted molar refractivity (Wildman–Crippen MR) is 67.0 cm³/mol. The van der Waals surface area contributed by atoms with Gasteiger partial charge in [0.1, 0.15) is 0 Å². The van der Waals surface area contributed by atoms with Gasteiger partial charge in [-0.15, -0.1) is 11.6 Å². The maximum absolute atomic E-state index is 11.0. The highest BCUT2D eigenvalue weighted by atomic mass is 35.5. The van der Waals surface area contributed by atoms with Gasteiger partial charge in [-0.05, 0) is 13.0 Å². The Labute approximate surface area is 109 Å². The lowest BCUT2D eigenvalue weighted by molar-refractivity contribution is -0.385. The second-order valence-electron chi connectivity index (χ2n) is 3.47. The molecular weight excluding hydrogens is 258 g/mol. The molecule has 0 aliphatic carbocycles. The van der Waals surface area contributed by atoms with Gasteiger partial charge in [0.15, 0.2) is 0 Å². The molecule has 5 nitrogen and oxygen atoms in total. The van der Waals surface area contributed by atoms with Crippen LogP contribution in [0.5, 0.6) is 0 Å². The first-order valence-corrected chi connectivity index (χ1v) is 5.58. The molecule has 1 rings (SSSR count). The highest BCUT2D eigenvalue weighted by Gasteiger charge is 2.19. The quantitative estimate of drug-likeness (QED) is 0.395. The molecule has 0 saturated carbocycles. The van der Waals surface area contributed by atoms with E-state index in [0.29, 0.717) is 17.9 Å². The number of carbonyl (C=O) groups is 1. The van der Waals surface area contributed by atoms with Crippen LogP contribution in [0, 0.1) is 28.9 Å². The molecule has 0 unspecified atom stereocenters. The summed E-state index contributed by atoms with van der Waals surface area (Å²) in [5.74, 6) is 4.51. The number of halogens is 1. The molecule has 0 bridgehead atoms. The fraction of sp³-hybridized carbons (Fsp3) is 0.250. The van der Waals surface area contributed by atoms with Crippen molar-refractivity contribution in [3.05, 3.63) is 38.9 Å². The normalized spacial score (nSPS) is 9.44. The van der Waals surface area contributed by atoms with Crippen molar-refractivity contribution >= 4 is 23.3 Å². The average molecular weight is 268 g/mol. The molecule has 0 aliphatic rings. The number of nitro groups is 1. The van der Waals surface area contributed by atoms with E-state index in [1.807, 2.05) is 0 Å². The second-order valence-corrected chi connectivity index (χ2v) is 3.85. The molecule has 0 atom stereocenters. The van der Waals surface area contributed by atoms with Crippen LogP contribution in [0.2, 0.25) is 0 Å². The van der Waals surface area contributed by atoms with Crippen LogP contribution in [0.15, 0.2) is 12.1 Å². The Hall–Kier alpha value is -2.06. The Morgan fingerprint density at radius 2 is 2.22 bits per heavy atom. The van der Waals surface area contributed by atoms with Crippen molar-refractivity contribution in [2.24, 2.45) is 0 Å². The summed E-state index contributed by atoms with van der Waals surface area (Å²) in [6, 6.07) is 2.59. The number of hydrogen-bond acceptors (Lipinski definition) is 3. The van der Waals surface area contributed by atoms with Crippen molar-refractivity contribution in [1.82, 2.24) is 0 Å². The molecule has 1 aromatic rings. The number of benzene rings is 1. The van der Waals surface area contributed by atoms with Gasteiger partial charge >= 0.3 is 5.97 Å². The van der Waals surface area contributed by atoms with Crippen molar-refractivity contribution in [1.29, 1.82) is 0 Å². The highest BCUT2D eigenvalue weighted by molar-refractivity contribution is 6.18. The van der Waals surface area contributed by atoms with Gasteiger partial charge < -0.3 is 5.11 Å². The van der Waals surface area contributed by atoms with Gasteiger partial charge in [0.05, 0.1) is 10.5 Å². The van der Waals surface area contributed by atoms with Gasteiger partial charge in [-0.3, -0.25) is 10.1 Å². The molecule has 94 valence electrons. The van der Waals surface area contributed by atoms with Gasteiger partial charge in [0, 0.05) is 29.5 Å². The van der Waals surface area contributed by atoms with E-state index in [1.54, 1.807) is 0 Å². The Balaban J connectivity index is 3.35. The Bertz CT molecular complexity index is 522. The molecule has 0 fully saturated rings. The van der Waals surface area contributed by atoms with E-state index in [-0.39, 0.29) is 16.8 Å². The lowest BCUT2D eigenvalue weighted by Gasteiger charge is -2.03. The van der Waals surface area contributed by atoms with Gasteiger partial charge in [0.2, 0.25) is 0 Å². The SMILES string of the molecule is Cc1c(C(=O)O)cc(C#CCCCl)cc1[N+](=O)[O-]. The lowest BCUT2D eigenvalue weighted by Crippen LogP contribution is -2.04. The van der Waals surface area contributed by atoms with E-state index >= 15 is 0 Å². The molecule has 0 aromatic heterocycles. The molecule has 0 saturated heterocycles. The summed E-state index contributed by atoms with van der Waals surface area (Å²) in [5.41, 5.74) is 0.0645. The number of carboxylic acids is 1. The summed E-state index contributed by atoms with van der Waals surface area (Å²) in [4.78, 5) is 21.2. The minimum atomic E-state index is -1.21. The standard InChI is InChI=1S/C12H10ClNO4/c1-8-10(12(15)16)6-9(4-2-3-5-13)7-11(8)14(17)18/h6-7H,3,5H2,1H3,(H,15,16). The van der Waals surface area contributed by atoms with Gasteiger partial charge in [0.25, 0.3) is 5.69 Å². The van der Waals surface area contributed by atoms with E-state index in [4.69, 9.17) is 16.7 Å². The third kappa shape index (κ3) is 3.22. The topological polar surface area (TPSA) is 80.4 Å². The molecule has 0 aliphatic heterocycles. The monoisotopic (exact) mass is 267 g/mol. The van der Waals surface area contributed by atoms with Gasteiger partial charge in [-0.25, -0.2) is 4.79 Å². The average Bonchev–Trinajstić information content (AvgIpc) is 2.30. The van der Waals surface area contributed by atoms with Gasteiger partial charge in [-0.1, -0.05) is 11.8 Å². The first-order chi connectivity index (χ1) is 8.47. The summed E-state index contributed by atoms with van der Waals surface area (Å²) in [7, 11) is 0. The predicted octanol–water partition coefficient (Wildman–Crippen LogP) is 2.58. The minimum Gasteiger partial charge on any atom is -0.478 e. The van der Waals surface area contributed by atoms with Crippen LogP contribution in [0.1, 0.15) is 27.9 Å². The van der Waals surface area contributed by atoms with E-state index in [9.17, 15) is 14.9 Å². The zero-order valence-electron chi connectivity index (χ0n) is 9.57. The number of carboxylic acid groups (broad SMARTS) is 1. The maximum Gasteiger partial charge on any atom is 0.336 e. The number of alkyl halides is 1. The second kappa shape index (κ2) is 6.03. The van der Waals surface area contributed by atoms with Gasteiger partial charge in [-0.2, -0.15) is 0 Å². The molecule has 6 heteroatoms. The number of hydrogen-bond donors (Lipinski definition) is 1. The van der Waals surface area contributed by atoms with Crippen molar-refractivity contribution < 1.29 is 14.8 Å². The van der Waals surface area contributed by atoms with Crippen LogP contribution in [0.4, 0.5) is 5.69 Å². The third-order valence-electron chi connectivity index (χ3n) is 2.26. The summed E-state index contributed by atoms with van der Waals surface area (Å²) in [6.07, 6.45) is 0.436. The molecule has 0 radical (unpaired) electrons. The Morgan fingerprint density at radius 3 is 2.72 bits per heavy atom. The number of aromatic carboxylic acids is 1. The molecule has 1 aromatic carbocycles. The molecular formula is C12H10ClNO4. The largest absolute Gasteiger partial charge is 0.478 e. The van der Waals surface area contributed by atoms with E-state index in [1.165, 1.54) is 19.1 Å². The van der Waals surface area contributed by atoms with E-state index in [0.717, 1.165) is 0 Å². The molecule has 0 amide bonds. The van der Waals surface area contributed by atoms with Crippen LogP contribution < -0.4 is 0 Å². The Kier molecular flexibility index (Phi) is 4.69. The fourth-order valence-corrected chi connectivity index (χ4v) is 1.49. The summed E-state index contributed by atoms with van der Waals surface area (Å²) in [5, 5.41) is 19.8. The number of nitrogens with zero attached hydrogens (tertiary/aromatic N) is 1. The van der Waals surface area contributed by atoms with E-state index < -0.39 is 10.9 Å². The minimum absolute atomic E-state index is 0.112. The summed E-state index contributed by atoms with van der Waals surface area (Å²) < 4.78 is 0. The first-order valence-electron chi connectivity index (χ1n) is 5.04. The zero-order valence-corrected chi connectivity index (χ0v) is 10.3. The van der Waals surface area contributed by atoms with Crippen LogP contribution in [0.3, 0.4) is 0 Å². The van der Waals surface area contributed by atoms with Crippen LogP contribution >= 0.6 is 11.6 Å². The Morgan fingerprint density at radius 1 is 1.56 bits per heavy atom. The lowest BCUT2D eigenvalue weighted by atomic mass is 10.0. The zero-order chi connectivity index (χ0) is 13.7. The smallest absolute Gasteiger partial charge is 0.336 e. The summed E-state index contributed by atoms with van der Waals surface area (Å²) in [6.45, 7) is 1.40. The van der Waals surface area contributed by atoms with Crippen molar-refractivity contribution in [3.63, 3.8) is 0 Å². The van der Waals surface area contributed by atoms with Crippen LogP contribution in [-0.4, -0.2) is 21.9 Å². The molecule has 18 heavy (non-hydrogen) atoms. The fourth-order valence-electron chi connectivity index (χ4n) is 1.39. The maximum atomic E-state index is 11.0. The van der Waals surface area contributed by atoms with E-state index in [2.05, 4.69) is 11.8 Å². The number of rotatable bonds is 3. The van der Waals surface area contributed by atoms with Crippen molar-refractivity contribution in [2.75, 3.05) is 5.88 Å². The molecule has 0 spiro atoms. The number of nitro benzene ring substituents is 1. The third-order valence-corrected chi connectivity index (χ3v) is 2.45. The first kappa shape index (κ1) is 14.0. The van der Waals surface area contributed by atoms with Crippen molar-refractivity contribution in [2.45, 2.75) is 13.3 Å². The van der Waals surface area contributed by atoms with Crippen LogP contribution in [0.25, 0.3) is 0 Å². The highest BCUT2D eigenvalue weighted by Crippen LogP contribution is 2.23. The van der Waals surface area contributed by atoms with Crippen molar-refractivity contribution in [3.8, 4) is 11.8 Å². The summed E-state index contributed by atoms with van der Waals surface area (Å²) >= 11 is 5.45. The molecule has 1 N–H and O–H groups in total. The van der Waals surface area contributed by atoms with Crippen LogP contribution in [-0.2, 0) is 0 Å². The molecule has 0 heterocycles.